The van der Waals surface area contributed by atoms with E-state index in [1.807, 2.05) is 19.1 Å². The lowest BCUT2D eigenvalue weighted by Gasteiger charge is -2.18. The standard InChI is InChI=1S/C15H19N3O4/c1-9-7-14(18-22-9)17-15(19)16-10(2)12-6-5-11(20-3)8-13(12)21-4/h5-8,10H,1-4H3,(H2,16,17,18,19). The lowest BCUT2D eigenvalue weighted by molar-refractivity contribution is 0.249. The number of nitrogens with zero attached hydrogens (tertiary/aromatic N) is 1. The number of nitrogens with one attached hydrogen (secondary N) is 2. The van der Waals surface area contributed by atoms with Gasteiger partial charge < -0.3 is 19.3 Å². The van der Waals surface area contributed by atoms with Crippen LogP contribution >= 0.6 is 0 Å². The first kappa shape index (κ1) is 15.7. The maximum absolute atomic E-state index is 12.0. The number of anilines is 1. The van der Waals surface area contributed by atoms with Gasteiger partial charge in [0.05, 0.1) is 20.3 Å². The third-order valence-corrected chi connectivity index (χ3v) is 3.12. The van der Waals surface area contributed by atoms with Crippen LogP contribution < -0.4 is 20.1 Å². The number of rotatable bonds is 5. The third kappa shape index (κ3) is 3.69. The number of hydrogen-bond acceptors (Lipinski definition) is 5. The van der Waals surface area contributed by atoms with Crippen LogP contribution in [-0.4, -0.2) is 25.4 Å². The molecule has 22 heavy (non-hydrogen) atoms. The van der Waals surface area contributed by atoms with Crippen molar-refractivity contribution in [1.82, 2.24) is 10.5 Å². The molecular formula is C15H19N3O4. The highest BCUT2D eigenvalue weighted by molar-refractivity contribution is 5.88. The van der Waals surface area contributed by atoms with E-state index in [0.29, 0.717) is 23.1 Å². The van der Waals surface area contributed by atoms with Crippen LogP contribution in [-0.2, 0) is 0 Å². The van der Waals surface area contributed by atoms with Crippen LogP contribution in [0.5, 0.6) is 11.5 Å². The van der Waals surface area contributed by atoms with Crippen LogP contribution in [0.15, 0.2) is 28.8 Å². The average Bonchev–Trinajstić information content (AvgIpc) is 2.91. The molecule has 0 saturated heterocycles. The van der Waals surface area contributed by atoms with Crippen LogP contribution in [0.4, 0.5) is 10.6 Å². The van der Waals surface area contributed by atoms with Gasteiger partial charge in [-0.2, -0.15) is 0 Å². The molecule has 1 aromatic heterocycles. The summed E-state index contributed by atoms with van der Waals surface area (Å²) in [7, 11) is 3.16. The fourth-order valence-corrected chi connectivity index (χ4v) is 2.03. The average molecular weight is 305 g/mol. The van der Waals surface area contributed by atoms with Gasteiger partial charge in [0.1, 0.15) is 17.3 Å². The van der Waals surface area contributed by atoms with Crippen LogP contribution in [0.1, 0.15) is 24.3 Å². The molecule has 0 aliphatic heterocycles. The SMILES string of the molecule is COc1ccc(C(C)NC(=O)Nc2cc(C)on2)c(OC)c1. The van der Waals surface area contributed by atoms with Crippen molar-refractivity contribution in [1.29, 1.82) is 0 Å². The van der Waals surface area contributed by atoms with Gasteiger partial charge in [0, 0.05) is 17.7 Å². The maximum atomic E-state index is 12.0. The highest BCUT2D eigenvalue weighted by atomic mass is 16.5. The van der Waals surface area contributed by atoms with Gasteiger partial charge in [-0.3, -0.25) is 5.32 Å². The second-order valence-corrected chi connectivity index (χ2v) is 4.75. The molecule has 7 heteroatoms. The Morgan fingerprint density at radius 3 is 2.64 bits per heavy atom. The number of hydrogen-bond donors (Lipinski definition) is 2. The van der Waals surface area contributed by atoms with E-state index in [1.54, 1.807) is 33.3 Å². The first-order valence-corrected chi connectivity index (χ1v) is 6.76. The summed E-state index contributed by atoms with van der Waals surface area (Å²) < 4.78 is 15.4. The fraction of sp³-hybridized carbons (Fsp3) is 0.333. The van der Waals surface area contributed by atoms with Crippen molar-refractivity contribution >= 4 is 11.8 Å². The van der Waals surface area contributed by atoms with Crippen molar-refractivity contribution < 1.29 is 18.8 Å². The van der Waals surface area contributed by atoms with E-state index in [9.17, 15) is 4.79 Å². The first-order valence-electron chi connectivity index (χ1n) is 6.76. The summed E-state index contributed by atoms with van der Waals surface area (Å²) in [6.45, 7) is 3.61. The molecule has 0 fully saturated rings. The van der Waals surface area contributed by atoms with Gasteiger partial charge in [-0.25, -0.2) is 4.79 Å². The number of amides is 2. The van der Waals surface area contributed by atoms with Gasteiger partial charge >= 0.3 is 6.03 Å². The van der Waals surface area contributed by atoms with Crippen molar-refractivity contribution in [3.63, 3.8) is 0 Å². The number of ether oxygens (including phenoxy) is 2. The highest BCUT2D eigenvalue weighted by Crippen LogP contribution is 2.29. The first-order chi connectivity index (χ1) is 10.5. The quantitative estimate of drug-likeness (QED) is 0.887. The number of aromatic nitrogens is 1. The summed E-state index contributed by atoms with van der Waals surface area (Å²) in [5, 5.41) is 9.12. The molecule has 1 atom stereocenters. The summed E-state index contributed by atoms with van der Waals surface area (Å²) in [4.78, 5) is 12.0. The molecule has 1 heterocycles. The molecule has 0 saturated carbocycles. The summed E-state index contributed by atoms with van der Waals surface area (Å²) in [6.07, 6.45) is 0. The highest BCUT2D eigenvalue weighted by Gasteiger charge is 2.15. The van der Waals surface area contributed by atoms with E-state index >= 15 is 0 Å². The summed E-state index contributed by atoms with van der Waals surface area (Å²) in [5.41, 5.74) is 0.842. The van der Waals surface area contributed by atoms with Gasteiger partial charge in [-0.05, 0) is 26.0 Å². The monoisotopic (exact) mass is 305 g/mol. The molecular weight excluding hydrogens is 286 g/mol. The predicted molar refractivity (Wildman–Crippen MR) is 81.4 cm³/mol. The lowest BCUT2D eigenvalue weighted by Crippen LogP contribution is -2.31. The Labute approximate surface area is 128 Å². The van der Waals surface area contributed by atoms with Crippen molar-refractivity contribution in [3.8, 4) is 11.5 Å². The van der Waals surface area contributed by atoms with Gasteiger partial charge in [0.15, 0.2) is 5.82 Å². The Morgan fingerprint density at radius 2 is 2.05 bits per heavy atom. The van der Waals surface area contributed by atoms with Gasteiger partial charge in [0.2, 0.25) is 0 Å². The Bertz CT molecular complexity index is 654. The second-order valence-electron chi connectivity index (χ2n) is 4.75. The number of aryl methyl sites for hydroxylation is 1. The topological polar surface area (TPSA) is 85.6 Å². The maximum Gasteiger partial charge on any atom is 0.320 e. The van der Waals surface area contributed by atoms with Crippen molar-refractivity contribution in [3.05, 3.63) is 35.6 Å². The van der Waals surface area contributed by atoms with E-state index in [0.717, 1.165) is 5.56 Å². The zero-order chi connectivity index (χ0) is 16.1. The smallest absolute Gasteiger partial charge is 0.320 e. The van der Waals surface area contributed by atoms with Crippen molar-refractivity contribution in [2.24, 2.45) is 0 Å². The van der Waals surface area contributed by atoms with E-state index in [4.69, 9.17) is 14.0 Å². The molecule has 2 aromatic rings. The van der Waals surface area contributed by atoms with Crippen LogP contribution in [0, 0.1) is 6.92 Å². The summed E-state index contributed by atoms with van der Waals surface area (Å²) in [5.74, 6) is 2.32. The molecule has 1 unspecified atom stereocenters. The minimum Gasteiger partial charge on any atom is -0.497 e. The minimum atomic E-state index is -0.376. The largest absolute Gasteiger partial charge is 0.497 e. The molecule has 2 rings (SSSR count). The fourth-order valence-electron chi connectivity index (χ4n) is 2.03. The number of methoxy groups -OCH3 is 2. The molecule has 0 radical (unpaired) electrons. The number of carbonyl (C=O) groups is 1. The molecule has 7 nitrogen and oxygen atoms in total. The molecule has 0 aliphatic rings. The Kier molecular flexibility index (Phi) is 4.88. The van der Waals surface area contributed by atoms with Crippen molar-refractivity contribution in [2.75, 3.05) is 19.5 Å². The Morgan fingerprint density at radius 1 is 1.27 bits per heavy atom. The van der Waals surface area contributed by atoms with E-state index < -0.39 is 0 Å². The molecule has 0 bridgehead atoms. The van der Waals surface area contributed by atoms with E-state index in [2.05, 4.69) is 15.8 Å². The normalized spacial score (nSPS) is 11.6. The summed E-state index contributed by atoms with van der Waals surface area (Å²) in [6, 6.07) is 6.44. The predicted octanol–water partition coefficient (Wildman–Crippen LogP) is 2.88. The van der Waals surface area contributed by atoms with E-state index in [1.165, 1.54) is 0 Å². The van der Waals surface area contributed by atoms with Crippen LogP contribution in [0.3, 0.4) is 0 Å². The zero-order valence-corrected chi connectivity index (χ0v) is 13.0. The van der Waals surface area contributed by atoms with Crippen molar-refractivity contribution in [2.45, 2.75) is 19.9 Å². The number of benzene rings is 1. The van der Waals surface area contributed by atoms with Gasteiger partial charge in [-0.1, -0.05) is 5.16 Å². The molecule has 1 aromatic carbocycles. The molecule has 2 N–H and O–H groups in total. The van der Waals surface area contributed by atoms with Crippen LogP contribution in [0.2, 0.25) is 0 Å². The second kappa shape index (κ2) is 6.84. The summed E-state index contributed by atoms with van der Waals surface area (Å²) >= 11 is 0. The number of carbonyl (C=O) groups excluding carboxylic acids is 1. The van der Waals surface area contributed by atoms with E-state index in [-0.39, 0.29) is 12.1 Å². The molecule has 0 aliphatic carbocycles. The number of urea groups is 1. The Balaban J connectivity index is 2.05. The van der Waals surface area contributed by atoms with Gasteiger partial charge in [-0.15, -0.1) is 0 Å². The third-order valence-electron chi connectivity index (χ3n) is 3.12. The lowest BCUT2D eigenvalue weighted by atomic mass is 10.1. The zero-order valence-electron chi connectivity index (χ0n) is 13.0. The molecule has 0 spiro atoms. The molecule has 2 amide bonds. The minimum absolute atomic E-state index is 0.256. The Hall–Kier alpha value is -2.70. The molecule has 118 valence electrons. The van der Waals surface area contributed by atoms with Gasteiger partial charge in [0.25, 0.3) is 0 Å². The van der Waals surface area contributed by atoms with Crippen LogP contribution in [0.25, 0.3) is 0 Å².